The van der Waals surface area contributed by atoms with E-state index in [-0.39, 0.29) is 41.5 Å². The lowest BCUT2D eigenvalue weighted by Gasteiger charge is -2.36. The molecule has 0 saturated carbocycles. The van der Waals surface area contributed by atoms with Gasteiger partial charge in [0.1, 0.15) is 23.3 Å². The van der Waals surface area contributed by atoms with Crippen LogP contribution in [0.15, 0.2) is 65.6 Å². The van der Waals surface area contributed by atoms with Crippen molar-refractivity contribution in [2.24, 2.45) is 0 Å². The number of ether oxygens (including phenoxy) is 2. The summed E-state index contributed by atoms with van der Waals surface area (Å²) in [5.41, 5.74) is -0.641. The van der Waals surface area contributed by atoms with E-state index in [2.05, 4.69) is 5.32 Å². The van der Waals surface area contributed by atoms with Crippen molar-refractivity contribution in [2.45, 2.75) is 56.9 Å². The van der Waals surface area contributed by atoms with Gasteiger partial charge in [0.25, 0.3) is 10.0 Å². The first-order valence-electron chi connectivity index (χ1n) is 13.6. The fraction of sp³-hybridized carbons (Fsp3) is 0.323. The van der Waals surface area contributed by atoms with Gasteiger partial charge >= 0.3 is 12.3 Å². The van der Waals surface area contributed by atoms with E-state index < -0.39 is 50.3 Å². The molecule has 1 heterocycles. The second-order valence-electron chi connectivity index (χ2n) is 11.2. The largest absolute Gasteiger partial charge is 0.486 e. The predicted octanol–water partition coefficient (Wildman–Crippen LogP) is 7.93. The standard InChI is InChI=1S/C31H31ClF4N2O5S/c1-19(28-24(32)9-6-10-25(28)33)15-20-11-12-27-26(16-20)38(18-22(42-27)13-14-37-29(39)43-30(2,3)4)44(40,41)23-8-5-7-21(17-23)31(34,35)36/h5-12,15-17,22H,13-14,18H2,1-4H3,(H,37,39)/b19-15+/t22-/m0/s1. The summed E-state index contributed by atoms with van der Waals surface area (Å²) in [6, 6.07) is 12.4. The minimum absolute atomic E-state index is 0.0791. The fourth-order valence-electron chi connectivity index (χ4n) is 4.60. The van der Waals surface area contributed by atoms with Gasteiger partial charge in [-0.2, -0.15) is 13.2 Å². The van der Waals surface area contributed by atoms with E-state index in [1.165, 1.54) is 24.3 Å². The average Bonchev–Trinajstić information content (AvgIpc) is 2.91. The Morgan fingerprint density at radius 3 is 2.48 bits per heavy atom. The molecule has 7 nitrogen and oxygen atoms in total. The lowest BCUT2D eigenvalue weighted by Crippen LogP contribution is -2.45. The van der Waals surface area contributed by atoms with Crippen LogP contribution >= 0.6 is 11.6 Å². The van der Waals surface area contributed by atoms with Crippen molar-refractivity contribution in [3.63, 3.8) is 0 Å². The molecule has 0 fully saturated rings. The SMILES string of the molecule is C/C(=C\c1ccc2c(c1)N(S(=O)(=O)c1cccc(C(F)(F)F)c1)C[C@H](CCNC(=O)OC(C)(C)C)O2)c1c(F)cccc1Cl. The topological polar surface area (TPSA) is 84.9 Å². The minimum Gasteiger partial charge on any atom is -0.486 e. The molecule has 0 spiro atoms. The molecule has 1 aliphatic heterocycles. The Balaban J connectivity index is 1.71. The van der Waals surface area contributed by atoms with E-state index in [0.29, 0.717) is 17.2 Å². The number of allylic oxidation sites excluding steroid dienone is 1. The van der Waals surface area contributed by atoms with Crippen LogP contribution in [0, 0.1) is 5.82 Å². The van der Waals surface area contributed by atoms with Crippen molar-refractivity contribution in [1.29, 1.82) is 0 Å². The van der Waals surface area contributed by atoms with Gasteiger partial charge in [-0.05, 0) is 81.3 Å². The van der Waals surface area contributed by atoms with Crippen LogP contribution in [0.2, 0.25) is 5.02 Å². The summed E-state index contributed by atoms with van der Waals surface area (Å²) in [5.74, 6) is -0.378. The van der Waals surface area contributed by atoms with Crippen LogP contribution in [0.5, 0.6) is 5.75 Å². The third kappa shape index (κ3) is 7.84. The smallest absolute Gasteiger partial charge is 0.416 e. The molecule has 0 radical (unpaired) electrons. The Labute approximate surface area is 258 Å². The summed E-state index contributed by atoms with van der Waals surface area (Å²) in [4.78, 5) is 11.5. The van der Waals surface area contributed by atoms with Crippen molar-refractivity contribution in [1.82, 2.24) is 5.32 Å². The van der Waals surface area contributed by atoms with Gasteiger partial charge in [-0.3, -0.25) is 4.31 Å². The highest BCUT2D eigenvalue weighted by atomic mass is 35.5. The molecular weight excluding hydrogens is 624 g/mol. The number of amides is 1. The van der Waals surface area contributed by atoms with Gasteiger partial charge in [0.05, 0.1) is 27.7 Å². The molecule has 4 rings (SSSR count). The molecule has 236 valence electrons. The maximum absolute atomic E-state index is 14.5. The Morgan fingerprint density at radius 1 is 1.11 bits per heavy atom. The van der Waals surface area contributed by atoms with E-state index in [9.17, 15) is 30.8 Å². The zero-order valence-corrected chi connectivity index (χ0v) is 25.9. The molecule has 1 aliphatic rings. The van der Waals surface area contributed by atoms with Gasteiger partial charge in [0.15, 0.2) is 0 Å². The van der Waals surface area contributed by atoms with Crippen LogP contribution < -0.4 is 14.4 Å². The van der Waals surface area contributed by atoms with Gasteiger partial charge in [0.2, 0.25) is 0 Å². The third-order valence-electron chi connectivity index (χ3n) is 6.54. The molecule has 1 amide bonds. The zero-order chi connectivity index (χ0) is 32.4. The van der Waals surface area contributed by atoms with Crippen LogP contribution in [0.25, 0.3) is 11.6 Å². The number of nitrogens with one attached hydrogen (secondary N) is 1. The van der Waals surface area contributed by atoms with Crippen LogP contribution in [0.3, 0.4) is 0 Å². The zero-order valence-electron chi connectivity index (χ0n) is 24.3. The molecule has 0 bridgehead atoms. The number of carbonyl (C=O) groups is 1. The minimum atomic E-state index is -4.76. The molecular formula is C31H31ClF4N2O5S. The normalized spacial score (nSPS) is 15.8. The number of halogens is 5. The Hall–Kier alpha value is -3.77. The number of hydrogen-bond donors (Lipinski definition) is 1. The molecule has 1 atom stereocenters. The number of alkyl halides is 3. The highest BCUT2D eigenvalue weighted by Crippen LogP contribution is 2.40. The third-order valence-corrected chi connectivity index (χ3v) is 8.63. The first-order chi connectivity index (χ1) is 20.5. The van der Waals surface area contributed by atoms with E-state index in [1.807, 2.05) is 0 Å². The number of carbonyl (C=O) groups excluding carboxylic acids is 1. The van der Waals surface area contributed by atoms with Crippen LogP contribution in [-0.4, -0.2) is 39.3 Å². The molecule has 0 unspecified atom stereocenters. The van der Waals surface area contributed by atoms with E-state index in [0.717, 1.165) is 22.5 Å². The number of sulfonamides is 1. The summed E-state index contributed by atoms with van der Waals surface area (Å²) < 4.78 is 95.0. The molecule has 3 aromatic rings. The summed E-state index contributed by atoms with van der Waals surface area (Å²) in [6.45, 7) is 6.59. The van der Waals surface area contributed by atoms with Gasteiger partial charge in [-0.1, -0.05) is 35.9 Å². The maximum Gasteiger partial charge on any atom is 0.416 e. The molecule has 44 heavy (non-hydrogen) atoms. The monoisotopic (exact) mass is 654 g/mol. The van der Waals surface area contributed by atoms with E-state index >= 15 is 0 Å². The van der Waals surface area contributed by atoms with Gasteiger partial charge in [-0.25, -0.2) is 17.6 Å². The van der Waals surface area contributed by atoms with Crippen molar-refractivity contribution in [3.05, 3.63) is 88.2 Å². The van der Waals surface area contributed by atoms with Crippen LogP contribution in [0.4, 0.5) is 28.0 Å². The summed E-state index contributed by atoms with van der Waals surface area (Å²) in [5, 5.41) is 2.78. The van der Waals surface area contributed by atoms with Gasteiger partial charge in [-0.15, -0.1) is 0 Å². The summed E-state index contributed by atoms with van der Waals surface area (Å²) >= 11 is 6.21. The lowest BCUT2D eigenvalue weighted by atomic mass is 10.0. The first kappa shape index (κ1) is 33.1. The number of rotatable bonds is 7. The second-order valence-corrected chi connectivity index (χ2v) is 13.4. The Kier molecular flexibility index (Phi) is 9.55. The van der Waals surface area contributed by atoms with E-state index in [4.69, 9.17) is 21.1 Å². The number of benzene rings is 3. The first-order valence-corrected chi connectivity index (χ1v) is 15.4. The quantitative estimate of drug-likeness (QED) is 0.207. The van der Waals surface area contributed by atoms with Crippen molar-refractivity contribution in [2.75, 3.05) is 17.4 Å². The van der Waals surface area contributed by atoms with Crippen LogP contribution in [-0.2, 0) is 20.9 Å². The Bertz CT molecular complexity index is 1670. The van der Waals surface area contributed by atoms with Gasteiger partial charge < -0.3 is 14.8 Å². The number of fused-ring (bicyclic) bond motifs is 1. The Morgan fingerprint density at radius 2 is 1.82 bits per heavy atom. The average molecular weight is 655 g/mol. The molecule has 13 heteroatoms. The maximum atomic E-state index is 14.5. The number of alkyl carbamates (subject to hydrolysis) is 1. The van der Waals surface area contributed by atoms with Crippen molar-refractivity contribution < 1.29 is 40.2 Å². The predicted molar refractivity (Wildman–Crippen MR) is 161 cm³/mol. The number of hydrogen-bond acceptors (Lipinski definition) is 5. The molecule has 0 aliphatic carbocycles. The summed E-state index contributed by atoms with van der Waals surface area (Å²) in [6.07, 6.45) is -4.41. The van der Waals surface area contributed by atoms with Crippen molar-refractivity contribution >= 4 is 45.1 Å². The molecule has 0 saturated heterocycles. The molecule has 3 aromatic carbocycles. The lowest BCUT2D eigenvalue weighted by molar-refractivity contribution is -0.137. The highest BCUT2D eigenvalue weighted by molar-refractivity contribution is 7.92. The number of anilines is 1. The van der Waals surface area contributed by atoms with E-state index in [1.54, 1.807) is 45.9 Å². The number of nitrogens with zero attached hydrogens (tertiary/aromatic N) is 1. The molecule has 0 aromatic heterocycles. The van der Waals surface area contributed by atoms with Gasteiger partial charge in [0, 0.05) is 18.5 Å². The van der Waals surface area contributed by atoms with Crippen LogP contribution in [0.1, 0.15) is 50.8 Å². The molecule has 1 N–H and O–H groups in total. The fourth-order valence-corrected chi connectivity index (χ4v) is 6.46. The van der Waals surface area contributed by atoms with Crippen molar-refractivity contribution in [3.8, 4) is 5.75 Å². The summed E-state index contributed by atoms with van der Waals surface area (Å²) in [7, 11) is -4.53. The highest BCUT2D eigenvalue weighted by Gasteiger charge is 2.37. The second kappa shape index (κ2) is 12.7.